The average molecular weight is 499 g/mol. The number of halogens is 3. The van der Waals surface area contributed by atoms with Gasteiger partial charge >= 0.3 is 0 Å². The van der Waals surface area contributed by atoms with Gasteiger partial charge in [-0.3, -0.25) is 15.0 Å². The first-order chi connectivity index (χ1) is 14.7. The third-order valence-corrected chi connectivity index (χ3v) is 5.14. The van der Waals surface area contributed by atoms with Crippen molar-refractivity contribution in [2.24, 2.45) is 27.6 Å². The number of amidine groups is 1. The van der Waals surface area contributed by atoms with E-state index in [4.69, 9.17) is 58.5 Å². The fourth-order valence-electron chi connectivity index (χ4n) is 2.65. The Balaban J connectivity index is 1.94. The molecule has 6 N–H and O–H groups in total. The quantitative estimate of drug-likeness (QED) is 0.216. The molecule has 1 atom stereocenters. The van der Waals surface area contributed by atoms with Gasteiger partial charge in [0.15, 0.2) is 5.11 Å². The van der Waals surface area contributed by atoms with Gasteiger partial charge in [-0.15, -0.1) is 0 Å². The second-order valence-corrected chi connectivity index (χ2v) is 7.78. The first-order valence-electron chi connectivity index (χ1n) is 8.51. The summed E-state index contributed by atoms with van der Waals surface area (Å²) in [7, 11) is 0. The number of thiocarbonyl (C=S) groups is 1. The lowest BCUT2D eigenvalue weighted by molar-refractivity contribution is -0.119. The van der Waals surface area contributed by atoms with Gasteiger partial charge in [0.25, 0.3) is 11.8 Å². The molecule has 0 radical (unpaired) electrons. The van der Waals surface area contributed by atoms with Crippen LogP contribution in [-0.4, -0.2) is 28.5 Å². The summed E-state index contributed by atoms with van der Waals surface area (Å²) in [4.78, 5) is 26.1. The van der Waals surface area contributed by atoms with Crippen LogP contribution >= 0.6 is 47.0 Å². The van der Waals surface area contributed by atoms with E-state index in [1.165, 1.54) is 12.1 Å². The highest BCUT2D eigenvalue weighted by Gasteiger charge is 2.42. The Morgan fingerprint density at radius 1 is 1.13 bits per heavy atom. The van der Waals surface area contributed by atoms with Crippen LogP contribution in [0.1, 0.15) is 0 Å². The highest BCUT2D eigenvalue weighted by molar-refractivity contribution is 7.80. The summed E-state index contributed by atoms with van der Waals surface area (Å²) >= 11 is 22.8. The highest BCUT2D eigenvalue weighted by atomic mass is 35.5. The maximum atomic E-state index is 13.0. The number of hydrogen-bond acceptors (Lipinski definition) is 6. The molecule has 3 rings (SSSR count). The predicted molar refractivity (Wildman–Crippen MR) is 126 cm³/mol. The Hall–Kier alpha value is -2.92. The maximum absolute atomic E-state index is 13.0. The van der Waals surface area contributed by atoms with E-state index >= 15 is 0 Å². The Kier molecular flexibility index (Phi) is 6.96. The number of carbonyl (C=O) groups excluding carboxylic acids is 2. The molecule has 1 aliphatic heterocycles. The molecule has 0 aliphatic carbocycles. The van der Waals surface area contributed by atoms with Crippen LogP contribution in [0.3, 0.4) is 0 Å². The van der Waals surface area contributed by atoms with Crippen molar-refractivity contribution in [2.45, 2.75) is 0 Å². The SMILES string of the molecule is NC(=S)N/N=C(/C(=O)Nc1cc(Cl)c(Cl)cc1Cl)[C@@H]1C(=O)N(c2ccccc2)N=C1N. The van der Waals surface area contributed by atoms with E-state index in [1.54, 1.807) is 30.3 Å². The molecule has 1 aliphatic rings. The van der Waals surface area contributed by atoms with Crippen LogP contribution in [0.2, 0.25) is 15.1 Å². The number of anilines is 2. The fraction of sp³-hybridized carbons (Fsp3) is 0.0556. The molecule has 0 spiro atoms. The molecule has 31 heavy (non-hydrogen) atoms. The van der Waals surface area contributed by atoms with E-state index in [9.17, 15) is 9.59 Å². The normalized spacial score (nSPS) is 16.2. The summed E-state index contributed by atoms with van der Waals surface area (Å²) in [6.07, 6.45) is 0. The lowest BCUT2D eigenvalue weighted by atomic mass is 10.0. The van der Waals surface area contributed by atoms with Crippen molar-refractivity contribution in [3.05, 3.63) is 57.5 Å². The number of para-hydroxylation sites is 1. The van der Waals surface area contributed by atoms with E-state index in [0.717, 1.165) is 5.01 Å². The number of hydrazone groups is 2. The van der Waals surface area contributed by atoms with Crippen molar-refractivity contribution >= 4 is 86.9 Å². The number of nitrogens with one attached hydrogen (secondary N) is 2. The molecule has 2 aromatic carbocycles. The second kappa shape index (κ2) is 9.48. The smallest absolute Gasteiger partial charge is 0.273 e. The number of hydrogen-bond donors (Lipinski definition) is 4. The Morgan fingerprint density at radius 3 is 2.42 bits per heavy atom. The third-order valence-electron chi connectivity index (χ3n) is 4.02. The van der Waals surface area contributed by atoms with Crippen molar-refractivity contribution < 1.29 is 9.59 Å². The molecular formula is C18H14Cl3N7O2S. The molecule has 0 bridgehead atoms. The lowest BCUT2D eigenvalue weighted by Gasteiger charge is -2.16. The molecule has 0 saturated heterocycles. The minimum absolute atomic E-state index is 0.120. The standard InChI is InChI=1S/C18H14Cl3N7O2S/c19-9-6-11(21)12(7-10(9)20)24-16(29)14(25-26-18(23)31)13-15(22)27-28(17(13)30)8-4-2-1-3-5-8/h1-7,13H,(H2,22,27)(H,24,29)(H3,23,26,31)/b25-14+/t13-/m0/s1. The van der Waals surface area contributed by atoms with Gasteiger partial charge in [-0.1, -0.05) is 53.0 Å². The van der Waals surface area contributed by atoms with Crippen LogP contribution in [0.15, 0.2) is 52.7 Å². The molecule has 1 heterocycles. The Morgan fingerprint density at radius 2 is 1.77 bits per heavy atom. The van der Waals surface area contributed by atoms with Crippen LogP contribution in [0, 0.1) is 5.92 Å². The van der Waals surface area contributed by atoms with Crippen molar-refractivity contribution in [2.75, 3.05) is 10.3 Å². The third kappa shape index (κ3) is 5.05. The molecular weight excluding hydrogens is 485 g/mol. The molecule has 9 nitrogen and oxygen atoms in total. The molecule has 13 heteroatoms. The Labute approximate surface area is 197 Å². The molecule has 2 amide bonds. The largest absolute Gasteiger partial charge is 0.385 e. The number of benzene rings is 2. The van der Waals surface area contributed by atoms with Crippen molar-refractivity contribution in [1.82, 2.24) is 5.43 Å². The first-order valence-corrected chi connectivity index (χ1v) is 10.0. The van der Waals surface area contributed by atoms with Gasteiger partial charge in [0.2, 0.25) is 0 Å². The van der Waals surface area contributed by atoms with E-state index in [1.807, 2.05) is 0 Å². The van der Waals surface area contributed by atoms with Gasteiger partial charge < -0.3 is 16.8 Å². The number of amides is 2. The monoisotopic (exact) mass is 497 g/mol. The van der Waals surface area contributed by atoms with Crippen LogP contribution < -0.4 is 27.2 Å². The molecule has 0 unspecified atom stereocenters. The minimum Gasteiger partial charge on any atom is -0.385 e. The maximum Gasteiger partial charge on any atom is 0.273 e. The van der Waals surface area contributed by atoms with Gasteiger partial charge in [-0.2, -0.15) is 15.2 Å². The predicted octanol–water partition coefficient (Wildman–Crippen LogP) is 2.71. The van der Waals surface area contributed by atoms with Crippen LogP contribution in [0.25, 0.3) is 0 Å². The number of nitrogens with zero attached hydrogens (tertiary/aromatic N) is 3. The van der Waals surface area contributed by atoms with Crippen LogP contribution in [-0.2, 0) is 9.59 Å². The van der Waals surface area contributed by atoms with Gasteiger partial charge in [0.1, 0.15) is 17.5 Å². The van der Waals surface area contributed by atoms with Gasteiger partial charge in [0.05, 0.1) is 26.4 Å². The van der Waals surface area contributed by atoms with Crippen LogP contribution in [0.4, 0.5) is 11.4 Å². The lowest BCUT2D eigenvalue weighted by Crippen LogP contribution is -2.43. The van der Waals surface area contributed by atoms with E-state index in [2.05, 4.69) is 20.9 Å². The molecule has 0 fully saturated rings. The van der Waals surface area contributed by atoms with Crippen molar-refractivity contribution in [1.29, 1.82) is 0 Å². The summed E-state index contributed by atoms with van der Waals surface area (Å²) in [6.45, 7) is 0. The van der Waals surface area contributed by atoms with Crippen LogP contribution in [0.5, 0.6) is 0 Å². The zero-order valence-corrected chi connectivity index (χ0v) is 18.6. The topological polar surface area (TPSA) is 138 Å². The number of rotatable bonds is 5. The van der Waals surface area contributed by atoms with E-state index in [0.29, 0.717) is 5.69 Å². The minimum atomic E-state index is -1.30. The van der Waals surface area contributed by atoms with Gasteiger partial charge in [-0.05, 0) is 36.5 Å². The molecule has 0 saturated carbocycles. The highest BCUT2D eigenvalue weighted by Crippen LogP contribution is 2.32. The Bertz CT molecular complexity index is 1120. The summed E-state index contributed by atoms with van der Waals surface area (Å²) in [5.41, 5.74) is 14.0. The van der Waals surface area contributed by atoms with Gasteiger partial charge in [0, 0.05) is 0 Å². The molecule has 2 aromatic rings. The summed E-state index contributed by atoms with van der Waals surface area (Å²) in [6, 6.07) is 11.3. The van der Waals surface area contributed by atoms with E-state index in [-0.39, 0.29) is 37.4 Å². The summed E-state index contributed by atoms with van der Waals surface area (Å²) in [5, 5.41) is 11.8. The molecule has 160 valence electrons. The zero-order valence-electron chi connectivity index (χ0n) is 15.5. The second-order valence-electron chi connectivity index (χ2n) is 6.12. The molecule has 0 aromatic heterocycles. The van der Waals surface area contributed by atoms with Crippen molar-refractivity contribution in [3.63, 3.8) is 0 Å². The summed E-state index contributed by atoms with van der Waals surface area (Å²) < 4.78 is 0. The van der Waals surface area contributed by atoms with Crippen molar-refractivity contribution in [3.8, 4) is 0 Å². The first kappa shape index (κ1) is 22.8. The van der Waals surface area contributed by atoms with Gasteiger partial charge in [-0.25, -0.2) is 0 Å². The summed E-state index contributed by atoms with van der Waals surface area (Å²) in [5.74, 6) is -2.85. The van der Waals surface area contributed by atoms with E-state index < -0.39 is 17.7 Å². The number of nitrogens with two attached hydrogens (primary N) is 2. The number of carbonyl (C=O) groups is 2. The fourth-order valence-corrected chi connectivity index (χ4v) is 3.29. The zero-order chi connectivity index (χ0) is 22.7. The average Bonchev–Trinajstić information content (AvgIpc) is 3.01.